The summed E-state index contributed by atoms with van der Waals surface area (Å²) in [6.07, 6.45) is 8.87. The molecule has 0 saturated carbocycles. The maximum atomic E-state index is 4.32. The van der Waals surface area contributed by atoms with Crippen molar-refractivity contribution in [2.45, 2.75) is 32.6 Å². The summed E-state index contributed by atoms with van der Waals surface area (Å²) in [6, 6.07) is 38.9. The van der Waals surface area contributed by atoms with Gasteiger partial charge in [-0.25, -0.2) is 0 Å². The van der Waals surface area contributed by atoms with E-state index in [4.69, 9.17) is 0 Å². The van der Waals surface area contributed by atoms with Crippen molar-refractivity contribution in [2.24, 2.45) is 0 Å². The summed E-state index contributed by atoms with van der Waals surface area (Å²) < 4.78 is 0. The van der Waals surface area contributed by atoms with E-state index in [2.05, 4.69) is 148 Å². The van der Waals surface area contributed by atoms with Crippen molar-refractivity contribution in [3.8, 4) is 11.1 Å². The highest BCUT2D eigenvalue weighted by Gasteiger charge is 2.12. The van der Waals surface area contributed by atoms with Crippen molar-refractivity contribution < 1.29 is 0 Å². The third kappa shape index (κ3) is 6.80. The van der Waals surface area contributed by atoms with Crippen LogP contribution in [0.2, 0.25) is 0 Å². The quantitative estimate of drug-likeness (QED) is 0.221. The molecule has 0 spiro atoms. The highest BCUT2D eigenvalue weighted by molar-refractivity contribution is 5.72. The van der Waals surface area contributed by atoms with E-state index in [0.717, 1.165) is 18.4 Å². The number of aryl methyl sites for hydroxylation is 1. The standard InChI is InChI=1S/C35H34/c1-27(2)35(33-15-8-5-9-16-33)26-34(17-11-10-14-29-12-6-4-7-13-29)32-24-22-31(23-25-32)30-20-18-28(3)19-21-30/h4-10,12-16,18-26,35H,1,11,17H2,2-3H3/b14-10+,34-26+. The van der Waals surface area contributed by atoms with Gasteiger partial charge in [0.2, 0.25) is 0 Å². The molecule has 0 aliphatic carbocycles. The van der Waals surface area contributed by atoms with Gasteiger partial charge in [0, 0.05) is 5.92 Å². The third-order valence-electron chi connectivity index (χ3n) is 6.39. The van der Waals surface area contributed by atoms with Gasteiger partial charge >= 0.3 is 0 Å². The third-order valence-corrected chi connectivity index (χ3v) is 6.39. The van der Waals surface area contributed by atoms with Crippen LogP contribution in [-0.4, -0.2) is 0 Å². The van der Waals surface area contributed by atoms with Crippen LogP contribution in [0.25, 0.3) is 22.8 Å². The van der Waals surface area contributed by atoms with Crippen LogP contribution >= 0.6 is 0 Å². The molecule has 0 radical (unpaired) electrons. The second kappa shape index (κ2) is 12.0. The molecular weight excluding hydrogens is 420 g/mol. The Morgan fingerprint density at radius 3 is 1.91 bits per heavy atom. The lowest BCUT2D eigenvalue weighted by molar-refractivity contribution is 0.979. The summed E-state index contributed by atoms with van der Waals surface area (Å²) in [5.74, 6) is 0.195. The minimum absolute atomic E-state index is 0.195. The van der Waals surface area contributed by atoms with Gasteiger partial charge in [0.25, 0.3) is 0 Å². The van der Waals surface area contributed by atoms with Crippen LogP contribution in [-0.2, 0) is 0 Å². The maximum absolute atomic E-state index is 4.32. The van der Waals surface area contributed by atoms with Crippen molar-refractivity contribution in [1.82, 2.24) is 0 Å². The van der Waals surface area contributed by atoms with Gasteiger partial charge in [0.1, 0.15) is 0 Å². The first kappa shape index (κ1) is 24.2. The minimum Gasteiger partial charge on any atom is -0.0992 e. The van der Waals surface area contributed by atoms with Gasteiger partial charge in [0.05, 0.1) is 0 Å². The van der Waals surface area contributed by atoms with E-state index in [1.165, 1.54) is 39.0 Å². The fourth-order valence-corrected chi connectivity index (χ4v) is 4.35. The zero-order valence-electron chi connectivity index (χ0n) is 20.8. The second-order valence-electron chi connectivity index (χ2n) is 9.22. The first-order chi connectivity index (χ1) is 17.1. The number of benzene rings is 4. The average Bonchev–Trinajstić information content (AvgIpc) is 2.90. The molecule has 0 aromatic heterocycles. The Morgan fingerprint density at radius 2 is 1.31 bits per heavy atom. The molecule has 0 N–H and O–H groups in total. The van der Waals surface area contributed by atoms with Crippen molar-refractivity contribution in [2.75, 3.05) is 0 Å². The van der Waals surface area contributed by atoms with E-state index in [0.29, 0.717) is 0 Å². The summed E-state index contributed by atoms with van der Waals surface area (Å²) in [7, 11) is 0. The average molecular weight is 455 g/mol. The lowest BCUT2D eigenvalue weighted by Crippen LogP contribution is -1.98. The van der Waals surface area contributed by atoms with Crippen molar-refractivity contribution in [3.63, 3.8) is 0 Å². The van der Waals surface area contributed by atoms with Crippen LogP contribution in [0.4, 0.5) is 0 Å². The molecule has 0 nitrogen and oxygen atoms in total. The van der Waals surface area contributed by atoms with E-state index in [1.54, 1.807) is 0 Å². The van der Waals surface area contributed by atoms with Gasteiger partial charge in [-0.3, -0.25) is 0 Å². The molecule has 1 atom stereocenters. The molecule has 4 aromatic rings. The van der Waals surface area contributed by atoms with Crippen LogP contribution in [0.15, 0.2) is 133 Å². The van der Waals surface area contributed by atoms with Crippen LogP contribution in [0.3, 0.4) is 0 Å². The van der Waals surface area contributed by atoms with E-state index in [1.807, 2.05) is 0 Å². The molecule has 4 aromatic carbocycles. The van der Waals surface area contributed by atoms with Crippen LogP contribution in [0.1, 0.15) is 47.9 Å². The smallest absolute Gasteiger partial charge is 0.0228 e. The Labute approximate surface area is 211 Å². The van der Waals surface area contributed by atoms with Crippen LogP contribution < -0.4 is 0 Å². The molecule has 1 unspecified atom stereocenters. The predicted octanol–water partition coefficient (Wildman–Crippen LogP) is 9.90. The molecule has 0 aliphatic rings. The second-order valence-corrected chi connectivity index (χ2v) is 9.22. The fourth-order valence-electron chi connectivity index (χ4n) is 4.35. The fraction of sp³-hybridized carbons (Fsp3) is 0.143. The van der Waals surface area contributed by atoms with Crippen molar-refractivity contribution in [1.29, 1.82) is 0 Å². The van der Waals surface area contributed by atoms with E-state index in [9.17, 15) is 0 Å². The van der Waals surface area contributed by atoms with Gasteiger partial charge in [-0.05, 0) is 60.1 Å². The lowest BCUT2D eigenvalue weighted by Gasteiger charge is -2.17. The summed E-state index contributed by atoms with van der Waals surface area (Å²) in [5, 5.41) is 0. The summed E-state index contributed by atoms with van der Waals surface area (Å²) >= 11 is 0. The SMILES string of the molecule is C=C(C)C(/C=C(\CC/C=C/c1ccccc1)c1ccc(-c2ccc(C)cc2)cc1)c1ccccc1. The highest BCUT2D eigenvalue weighted by atomic mass is 14.2. The number of hydrogen-bond donors (Lipinski definition) is 0. The van der Waals surface area contributed by atoms with E-state index >= 15 is 0 Å². The maximum Gasteiger partial charge on any atom is 0.0228 e. The molecule has 0 heterocycles. The zero-order chi connectivity index (χ0) is 24.5. The van der Waals surface area contributed by atoms with Gasteiger partial charge in [0.15, 0.2) is 0 Å². The van der Waals surface area contributed by atoms with Crippen LogP contribution in [0.5, 0.6) is 0 Å². The summed E-state index contributed by atoms with van der Waals surface area (Å²) in [6.45, 7) is 8.57. The van der Waals surface area contributed by atoms with Crippen molar-refractivity contribution in [3.05, 3.63) is 156 Å². The number of hydrogen-bond acceptors (Lipinski definition) is 0. The van der Waals surface area contributed by atoms with Crippen LogP contribution in [0, 0.1) is 6.92 Å². The van der Waals surface area contributed by atoms with Gasteiger partial charge in [-0.2, -0.15) is 0 Å². The number of rotatable bonds is 9. The first-order valence-corrected chi connectivity index (χ1v) is 12.4. The zero-order valence-corrected chi connectivity index (χ0v) is 20.8. The Hall–Kier alpha value is -3.90. The topological polar surface area (TPSA) is 0 Å². The minimum atomic E-state index is 0.195. The monoisotopic (exact) mass is 454 g/mol. The molecule has 0 fully saturated rings. The first-order valence-electron chi connectivity index (χ1n) is 12.4. The molecule has 0 saturated heterocycles. The summed E-state index contributed by atoms with van der Waals surface area (Å²) in [4.78, 5) is 0. The number of allylic oxidation sites excluding steroid dienone is 4. The van der Waals surface area contributed by atoms with E-state index < -0.39 is 0 Å². The molecule has 0 amide bonds. The van der Waals surface area contributed by atoms with Gasteiger partial charge < -0.3 is 0 Å². The molecule has 4 rings (SSSR count). The predicted molar refractivity (Wildman–Crippen MR) is 153 cm³/mol. The Kier molecular flexibility index (Phi) is 8.30. The van der Waals surface area contributed by atoms with E-state index in [-0.39, 0.29) is 5.92 Å². The highest BCUT2D eigenvalue weighted by Crippen LogP contribution is 2.32. The van der Waals surface area contributed by atoms with Gasteiger partial charge in [-0.1, -0.05) is 145 Å². The molecule has 174 valence electrons. The Balaban J connectivity index is 1.62. The Morgan fingerprint density at radius 1 is 0.743 bits per heavy atom. The molecule has 0 heteroatoms. The normalized spacial score (nSPS) is 12.6. The molecule has 35 heavy (non-hydrogen) atoms. The summed E-state index contributed by atoms with van der Waals surface area (Å²) in [5.41, 5.74) is 10.1. The molecule has 0 bridgehead atoms. The lowest BCUT2D eigenvalue weighted by atomic mass is 9.87. The van der Waals surface area contributed by atoms with Crippen molar-refractivity contribution >= 4 is 11.6 Å². The Bertz CT molecular complexity index is 1270. The molecule has 0 aliphatic heterocycles. The van der Waals surface area contributed by atoms with Gasteiger partial charge in [-0.15, -0.1) is 0 Å². The largest absolute Gasteiger partial charge is 0.0992 e. The molecular formula is C35H34.